The van der Waals surface area contributed by atoms with Crippen molar-refractivity contribution in [2.45, 2.75) is 146 Å². The van der Waals surface area contributed by atoms with Crippen molar-refractivity contribution in [2.24, 2.45) is 17.6 Å². The fraction of sp³-hybridized carbons (Fsp3) is 0.674. The number of nitrogens with two attached hydrogens (primary N) is 1. The standard InChI is InChI=1S/C43H61F2N7O6/c1-43(44,45)28-12-15-32-27(22-28)23-35(47-32)39(55)49-34-16-13-29(50(2)3)24-30-14-18-36(52(30)42(34)58)40(56)48-33(17-19-38(46)54)37(53)25-31(26-10-6-4-7-11-26)41(57)51-20-8-5-9-21-51/h12,15,22-23,26,29-31,33-34,36,47H,4-11,13-14,16-21,24-25H2,1-3H3,(H2,46,54)(H,48,56)(H,49,55)/t29-,30+,31-,33-,34-,36-/m0/s1. The summed E-state index contributed by atoms with van der Waals surface area (Å²) in [5.41, 5.74) is 5.95. The monoisotopic (exact) mass is 809 g/mol. The third-order valence-electron chi connectivity index (χ3n) is 13.1. The molecular weight excluding hydrogens is 749 g/mol. The lowest BCUT2D eigenvalue weighted by Crippen LogP contribution is -2.59. The lowest BCUT2D eigenvalue weighted by Gasteiger charge is -2.39. The molecule has 2 aromatic rings. The number of piperidine rings is 1. The number of hydrogen-bond donors (Lipinski definition) is 4. The average molecular weight is 810 g/mol. The second-order valence-electron chi connectivity index (χ2n) is 17.4. The smallest absolute Gasteiger partial charge is 0.270 e. The topological polar surface area (TPSA) is 178 Å². The number of fused-ring (bicyclic) bond motifs is 2. The van der Waals surface area contributed by atoms with E-state index in [0.717, 1.165) is 58.3 Å². The molecule has 13 nitrogen and oxygen atoms in total. The van der Waals surface area contributed by atoms with E-state index in [9.17, 15) is 37.5 Å². The van der Waals surface area contributed by atoms with E-state index in [4.69, 9.17) is 5.73 Å². The largest absolute Gasteiger partial charge is 0.370 e. The third-order valence-corrected chi connectivity index (χ3v) is 13.1. The minimum absolute atomic E-state index is 0.00645. The summed E-state index contributed by atoms with van der Waals surface area (Å²) in [5, 5.41) is 6.20. The zero-order valence-corrected chi connectivity index (χ0v) is 34.2. The molecule has 3 aliphatic heterocycles. The highest BCUT2D eigenvalue weighted by Gasteiger charge is 2.46. The van der Waals surface area contributed by atoms with Crippen LogP contribution in [-0.4, -0.2) is 112 Å². The summed E-state index contributed by atoms with van der Waals surface area (Å²) in [4.78, 5) is 91.2. The molecule has 0 spiro atoms. The number of nitrogens with zero attached hydrogens (tertiary/aromatic N) is 3. The molecule has 318 valence electrons. The lowest BCUT2D eigenvalue weighted by atomic mass is 9.76. The van der Waals surface area contributed by atoms with Gasteiger partial charge < -0.3 is 36.1 Å². The van der Waals surface area contributed by atoms with E-state index in [1.165, 1.54) is 24.3 Å². The molecule has 4 aliphatic rings. The number of alkyl halides is 2. The molecule has 6 atom stereocenters. The quantitative estimate of drug-likeness (QED) is 0.212. The Morgan fingerprint density at radius 1 is 0.948 bits per heavy atom. The highest BCUT2D eigenvalue weighted by Crippen LogP contribution is 2.36. The van der Waals surface area contributed by atoms with Crippen LogP contribution in [0.2, 0.25) is 0 Å². The van der Waals surface area contributed by atoms with Crippen LogP contribution >= 0.6 is 0 Å². The maximum absolute atomic E-state index is 14.5. The highest BCUT2D eigenvalue weighted by molar-refractivity contribution is 6.01. The number of aromatic nitrogens is 1. The van der Waals surface area contributed by atoms with Gasteiger partial charge >= 0.3 is 0 Å². The van der Waals surface area contributed by atoms with Crippen LogP contribution in [-0.2, 0) is 29.9 Å². The Labute approximate surface area is 339 Å². The van der Waals surface area contributed by atoms with Crippen molar-refractivity contribution in [1.82, 2.24) is 30.3 Å². The highest BCUT2D eigenvalue weighted by atomic mass is 19.3. The van der Waals surface area contributed by atoms with Gasteiger partial charge in [0.2, 0.25) is 23.6 Å². The zero-order chi connectivity index (χ0) is 41.7. The first-order chi connectivity index (χ1) is 27.6. The molecule has 58 heavy (non-hydrogen) atoms. The van der Waals surface area contributed by atoms with Crippen molar-refractivity contribution in [1.29, 1.82) is 0 Å². The number of nitrogens with one attached hydrogen (secondary N) is 3. The molecule has 0 unspecified atom stereocenters. The number of hydrogen-bond acceptors (Lipinski definition) is 7. The lowest BCUT2D eigenvalue weighted by molar-refractivity contribution is -0.144. The molecule has 6 rings (SSSR count). The maximum Gasteiger partial charge on any atom is 0.270 e. The number of likely N-dealkylation sites (tertiary alicyclic amines) is 1. The number of benzene rings is 1. The van der Waals surface area contributed by atoms with Gasteiger partial charge in [-0.25, -0.2) is 8.78 Å². The fourth-order valence-corrected chi connectivity index (χ4v) is 9.73. The summed E-state index contributed by atoms with van der Waals surface area (Å²) in [6, 6.07) is 2.33. The van der Waals surface area contributed by atoms with E-state index in [-0.39, 0.29) is 60.2 Å². The van der Waals surface area contributed by atoms with E-state index < -0.39 is 53.6 Å². The number of primary amides is 1. The minimum atomic E-state index is -3.06. The van der Waals surface area contributed by atoms with Crippen molar-refractivity contribution in [3.63, 3.8) is 0 Å². The Morgan fingerprint density at radius 2 is 1.66 bits per heavy atom. The Hall–Kier alpha value is -4.40. The normalized spacial score (nSPS) is 24.5. The summed E-state index contributed by atoms with van der Waals surface area (Å²) in [5.74, 6) is -5.98. The molecule has 5 amide bonds. The van der Waals surface area contributed by atoms with Crippen LogP contribution in [0.3, 0.4) is 0 Å². The third kappa shape index (κ3) is 10.2. The number of aromatic amines is 1. The van der Waals surface area contributed by atoms with Crippen molar-refractivity contribution >= 4 is 46.2 Å². The molecule has 4 fully saturated rings. The summed E-state index contributed by atoms with van der Waals surface area (Å²) < 4.78 is 28.1. The van der Waals surface area contributed by atoms with Gasteiger partial charge in [-0.3, -0.25) is 28.8 Å². The van der Waals surface area contributed by atoms with Gasteiger partial charge in [-0.05, 0) is 109 Å². The van der Waals surface area contributed by atoms with Gasteiger partial charge in [-0.2, -0.15) is 0 Å². The number of carbonyl (C=O) groups excluding carboxylic acids is 6. The van der Waals surface area contributed by atoms with Crippen molar-refractivity contribution in [2.75, 3.05) is 27.2 Å². The molecule has 5 N–H and O–H groups in total. The first-order valence-electron chi connectivity index (χ1n) is 21.3. The van der Waals surface area contributed by atoms with Crippen LogP contribution in [0.1, 0.15) is 126 Å². The van der Waals surface area contributed by atoms with Gasteiger partial charge in [-0.1, -0.05) is 25.3 Å². The summed E-state index contributed by atoms with van der Waals surface area (Å²) in [6.07, 6.45) is 9.91. The number of rotatable bonds is 14. The first kappa shape index (κ1) is 43.2. The van der Waals surface area contributed by atoms with Crippen LogP contribution in [0.4, 0.5) is 8.78 Å². The van der Waals surface area contributed by atoms with Crippen molar-refractivity contribution in [3.8, 4) is 0 Å². The van der Waals surface area contributed by atoms with E-state index in [0.29, 0.717) is 56.1 Å². The van der Waals surface area contributed by atoms with Gasteiger partial charge in [0.05, 0.1) is 6.04 Å². The number of amides is 5. The van der Waals surface area contributed by atoms with Gasteiger partial charge in [0.1, 0.15) is 17.8 Å². The number of Topliss-reactive ketones (excluding diaryl/α,β-unsaturated/α-hetero) is 1. The molecule has 0 radical (unpaired) electrons. The van der Waals surface area contributed by atoms with Crippen molar-refractivity contribution < 1.29 is 37.5 Å². The molecule has 15 heteroatoms. The van der Waals surface area contributed by atoms with E-state index in [1.807, 2.05) is 19.0 Å². The Morgan fingerprint density at radius 3 is 2.33 bits per heavy atom. The second kappa shape index (κ2) is 18.7. The molecule has 1 aromatic carbocycles. The predicted molar refractivity (Wildman–Crippen MR) is 215 cm³/mol. The van der Waals surface area contributed by atoms with E-state index in [2.05, 4.69) is 20.5 Å². The average Bonchev–Trinajstić information content (AvgIpc) is 3.82. The summed E-state index contributed by atoms with van der Waals surface area (Å²) >= 11 is 0. The molecule has 1 aliphatic carbocycles. The Kier molecular flexibility index (Phi) is 13.9. The van der Waals surface area contributed by atoms with Gasteiger partial charge in [0, 0.05) is 67.3 Å². The first-order valence-corrected chi connectivity index (χ1v) is 21.3. The fourth-order valence-electron chi connectivity index (χ4n) is 9.73. The Balaban J connectivity index is 1.21. The second-order valence-corrected chi connectivity index (χ2v) is 17.4. The molecular formula is C43H61F2N7O6. The van der Waals surface area contributed by atoms with E-state index >= 15 is 0 Å². The van der Waals surface area contributed by atoms with Gasteiger partial charge in [0.15, 0.2) is 5.78 Å². The predicted octanol–water partition coefficient (Wildman–Crippen LogP) is 4.77. The molecule has 4 heterocycles. The van der Waals surface area contributed by atoms with Crippen molar-refractivity contribution in [3.05, 3.63) is 35.5 Å². The molecule has 3 saturated heterocycles. The maximum atomic E-state index is 14.5. The van der Waals surface area contributed by atoms with Crippen LogP contribution in [0.5, 0.6) is 0 Å². The molecule has 1 saturated carbocycles. The summed E-state index contributed by atoms with van der Waals surface area (Å²) in [7, 11) is 3.91. The number of H-pyrrole nitrogens is 1. The van der Waals surface area contributed by atoms with Crippen LogP contribution in [0.15, 0.2) is 24.3 Å². The number of ketones is 1. The molecule has 0 bridgehead atoms. The zero-order valence-electron chi connectivity index (χ0n) is 34.2. The van der Waals surface area contributed by atoms with Gasteiger partial charge in [0.25, 0.3) is 11.8 Å². The summed E-state index contributed by atoms with van der Waals surface area (Å²) in [6.45, 7) is 2.15. The molecule has 1 aromatic heterocycles. The van der Waals surface area contributed by atoms with Crippen LogP contribution in [0.25, 0.3) is 10.9 Å². The SMILES string of the molecule is CN(C)[C@H]1CC[C@H](NC(=O)c2cc3cc(C(C)(F)F)ccc3[nH]2)C(=O)N2[C@H](CC[C@H]2C(=O)N[C@@H](CCC(N)=O)C(=O)C[C@H](C(=O)N2CCCCC2)C2CCCCC2)C1. The van der Waals surface area contributed by atoms with E-state index in [1.54, 1.807) is 4.90 Å². The van der Waals surface area contributed by atoms with Gasteiger partial charge in [-0.15, -0.1) is 0 Å². The van der Waals surface area contributed by atoms with Crippen LogP contribution < -0.4 is 16.4 Å². The number of halogens is 2. The van der Waals surface area contributed by atoms with Crippen LogP contribution in [0, 0.1) is 11.8 Å². The minimum Gasteiger partial charge on any atom is -0.370 e. The Bertz CT molecular complexity index is 1830. The number of carbonyl (C=O) groups is 6.